The summed E-state index contributed by atoms with van der Waals surface area (Å²) in [6.07, 6.45) is -3.46. The molecule has 0 saturated carbocycles. The van der Waals surface area contributed by atoms with Gasteiger partial charge in [0.25, 0.3) is 0 Å². The number of aromatic nitrogens is 1. The van der Waals surface area contributed by atoms with Crippen LogP contribution in [0, 0.1) is 11.6 Å². The van der Waals surface area contributed by atoms with Crippen LogP contribution in [0.5, 0.6) is 5.75 Å². The fraction of sp³-hybridized carbons (Fsp3) is 0.143. The molecule has 2 aromatic carbocycles. The maximum absolute atomic E-state index is 14.5. The first-order valence-corrected chi connectivity index (χ1v) is 8.61. The second-order valence-corrected chi connectivity index (χ2v) is 6.39. The molecular weight excluding hydrogens is 431 g/mol. The third-order valence-corrected chi connectivity index (χ3v) is 4.14. The Balaban J connectivity index is 1.78. The number of hydrogen-bond donors (Lipinski definition) is 0. The van der Waals surface area contributed by atoms with E-state index >= 15 is 0 Å². The lowest BCUT2D eigenvalue weighted by molar-refractivity contribution is -0.153. The Bertz CT molecular complexity index is 1080. The molecule has 0 saturated heterocycles. The summed E-state index contributed by atoms with van der Waals surface area (Å²) in [7, 11) is 0. The summed E-state index contributed by atoms with van der Waals surface area (Å²) >= 11 is 0. The molecule has 3 aromatic rings. The fourth-order valence-electron chi connectivity index (χ4n) is 2.62. The summed E-state index contributed by atoms with van der Waals surface area (Å²) in [5.41, 5.74) is -1.15. The van der Waals surface area contributed by atoms with Crippen LogP contribution in [0.25, 0.3) is 11.1 Å². The van der Waals surface area contributed by atoms with E-state index in [0.717, 1.165) is 12.3 Å². The highest BCUT2D eigenvalue weighted by Crippen LogP contribution is 2.33. The minimum atomic E-state index is -4.49. The van der Waals surface area contributed by atoms with E-state index in [-0.39, 0.29) is 5.75 Å². The fourth-order valence-corrected chi connectivity index (χ4v) is 2.62. The quantitative estimate of drug-likeness (QED) is 0.350. The van der Waals surface area contributed by atoms with Gasteiger partial charge in [0, 0.05) is 17.8 Å². The largest absolute Gasteiger partial charge is 0.484 e. The number of hydrogen-bond acceptors (Lipinski definition) is 3. The van der Waals surface area contributed by atoms with Crippen LogP contribution in [0.1, 0.15) is 16.1 Å². The lowest BCUT2D eigenvalue weighted by Gasteiger charge is -2.15. The Labute approximate surface area is 171 Å². The third kappa shape index (κ3) is 5.19. The molecule has 3 nitrogen and oxygen atoms in total. The number of ketones is 1. The first-order chi connectivity index (χ1) is 14.5. The van der Waals surface area contributed by atoms with Gasteiger partial charge >= 0.3 is 12.1 Å². The summed E-state index contributed by atoms with van der Waals surface area (Å²) in [4.78, 5) is 15.6. The van der Waals surface area contributed by atoms with Gasteiger partial charge < -0.3 is 4.74 Å². The number of benzene rings is 2. The highest BCUT2D eigenvalue weighted by atomic mass is 19.4. The SMILES string of the molecule is O=C(c1ccc(F)cc1F)C(F)(F)c1ccc(-c2ccc(OCC(F)(F)F)cc2)cn1. The van der Waals surface area contributed by atoms with E-state index in [1.165, 1.54) is 30.3 Å². The molecule has 0 radical (unpaired) electrons. The number of ether oxygens (including phenoxy) is 1. The van der Waals surface area contributed by atoms with E-state index in [9.17, 15) is 35.5 Å². The summed E-state index contributed by atoms with van der Waals surface area (Å²) < 4.78 is 96.7. The van der Waals surface area contributed by atoms with E-state index in [0.29, 0.717) is 29.3 Å². The van der Waals surface area contributed by atoms with Crippen LogP contribution in [-0.2, 0) is 5.92 Å². The van der Waals surface area contributed by atoms with Gasteiger partial charge in [-0.1, -0.05) is 18.2 Å². The van der Waals surface area contributed by atoms with Gasteiger partial charge in [-0.15, -0.1) is 0 Å². The molecule has 0 aliphatic carbocycles. The predicted octanol–water partition coefficient (Wildman–Crippen LogP) is 5.94. The normalized spacial score (nSPS) is 12.0. The zero-order valence-electron chi connectivity index (χ0n) is 15.4. The van der Waals surface area contributed by atoms with Crippen molar-refractivity contribution in [3.63, 3.8) is 0 Å². The highest BCUT2D eigenvalue weighted by Gasteiger charge is 2.44. The summed E-state index contributed by atoms with van der Waals surface area (Å²) in [6.45, 7) is -1.46. The predicted molar refractivity (Wildman–Crippen MR) is 95.8 cm³/mol. The minimum absolute atomic E-state index is 0.0379. The van der Waals surface area contributed by atoms with Gasteiger partial charge in [0.05, 0.1) is 5.56 Å². The zero-order chi connectivity index (χ0) is 22.8. The molecule has 0 fully saturated rings. The maximum Gasteiger partial charge on any atom is 0.422 e. The van der Waals surface area contributed by atoms with Crippen LogP contribution in [0.3, 0.4) is 0 Å². The van der Waals surface area contributed by atoms with Gasteiger partial charge in [0.15, 0.2) is 6.61 Å². The van der Waals surface area contributed by atoms with Crippen LogP contribution < -0.4 is 4.74 Å². The van der Waals surface area contributed by atoms with E-state index < -0.39 is 47.4 Å². The maximum atomic E-state index is 14.5. The smallest absolute Gasteiger partial charge is 0.422 e. The minimum Gasteiger partial charge on any atom is -0.484 e. The Hall–Kier alpha value is -3.43. The summed E-state index contributed by atoms with van der Waals surface area (Å²) in [5, 5.41) is 0. The van der Waals surface area contributed by atoms with Crippen LogP contribution in [0.2, 0.25) is 0 Å². The Morgan fingerprint density at radius 3 is 2.06 bits per heavy atom. The first kappa shape index (κ1) is 22.3. The van der Waals surface area contributed by atoms with Crippen molar-refractivity contribution in [2.75, 3.05) is 6.61 Å². The van der Waals surface area contributed by atoms with E-state index in [4.69, 9.17) is 0 Å². The molecule has 0 N–H and O–H groups in total. The molecule has 0 amide bonds. The number of halogens is 7. The number of pyridine rings is 1. The molecule has 0 unspecified atom stereocenters. The summed E-state index contributed by atoms with van der Waals surface area (Å²) in [5.74, 6) is -8.53. The average Bonchev–Trinajstić information content (AvgIpc) is 2.72. The molecule has 0 spiro atoms. The third-order valence-electron chi connectivity index (χ3n) is 4.14. The average molecular weight is 443 g/mol. The van der Waals surface area contributed by atoms with E-state index in [2.05, 4.69) is 9.72 Å². The molecule has 162 valence electrons. The van der Waals surface area contributed by atoms with E-state index in [1.54, 1.807) is 0 Å². The van der Waals surface area contributed by atoms with Gasteiger partial charge in [0.1, 0.15) is 23.1 Å². The monoisotopic (exact) mass is 443 g/mol. The molecule has 0 bridgehead atoms. The van der Waals surface area contributed by atoms with Crippen LogP contribution in [-0.4, -0.2) is 23.6 Å². The Kier molecular flexibility index (Phi) is 6.01. The molecule has 0 atom stereocenters. The standard InChI is InChI=1S/C21H12F7NO2/c22-14-4-7-16(17(23)9-14)19(30)21(27,28)18-8-3-13(10-29-18)12-1-5-15(6-2-12)31-11-20(24,25)26/h1-10H,11H2. The van der Waals surface area contributed by atoms with Crippen molar-refractivity contribution in [3.8, 4) is 16.9 Å². The van der Waals surface area contributed by atoms with Crippen molar-refractivity contribution in [2.24, 2.45) is 0 Å². The zero-order valence-corrected chi connectivity index (χ0v) is 15.4. The second kappa shape index (κ2) is 8.37. The van der Waals surface area contributed by atoms with Crippen molar-refractivity contribution < 1.29 is 40.3 Å². The topological polar surface area (TPSA) is 39.2 Å². The van der Waals surface area contributed by atoms with Crippen molar-refractivity contribution in [3.05, 3.63) is 83.7 Å². The Morgan fingerprint density at radius 1 is 0.871 bits per heavy atom. The van der Waals surface area contributed by atoms with Gasteiger partial charge in [0.2, 0.25) is 5.78 Å². The van der Waals surface area contributed by atoms with Crippen LogP contribution in [0.15, 0.2) is 60.8 Å². The number of alkyl halides is 5. The molecule has 1 heterocycles. The van der Waals surface area contributed by atoms with Crippen molar-refractivity contribution >= 4 is 5.78 Å². The van der Waals surface area contributed by atoms with Gasteiger partial charge in [-0.05, 0) is 35.9 Å². The second-order valence-electron chi connectivity index (χ2n) is 6.39. The highest BCUT2D eigenvalue weighted by molar-refractivity contribution is 6.01. The van der Waals surface area contributed by atoms with Gasteiger partial charge in [-0.25, -0.2) is 8.78 Å². The van der Waals surface area contributed by atoms with Crippen molar-refractivity contribution in [1.82, 2.24) is 4.98 Å². The van der Waals surface area contributed by atoms with Gasteiger partial charge in [-0.2, -0.15) is 22.0 Å². The summed E-state index contributed by atoms with van der Waals surface area (Å²) in [6, 6.07) is 9.05. The molecule has 0 aliphatic rings. The number of Topliss-reactive ketones (excluding diaryl/α,β-unsaturated/α-hetero) is 1. The number of rotatable bonds is 6. The first-order valence-electron chi connectivity index (χ1n) is 8.61. The number of carbonyl (C=O) groups is 1. The number of nitrogens with zero attached hydrogens (tertiary/aromatic N) is 1. The van der Waals surface area contributed by atoms with Crippen molar-refractivity contribution in [2.45, 2.75) is 12.1 Å². The number of carbonyl (C=O) groups excluding carboxylic acids is 1. The molecule has 10 heteroatoms. The van der Waals surface area contributed by atoms with Crippen molar-refractivity contribution in [1.29, 1.82) is 0 Å². The molecule has 0 aliphatic heterocycles. The van der Waals surface area contributed by atoms with Crippen LogP contribution >= 0.6 is 0 Å². The Morgan fingerprint density at radius 2 is 1.52 bits per heavy atom. The molecule has 3 rings (SSSR count). The van der Waals surface area contributed by atoms with Gasteiger partial charge in [-0.3, -0.25) is 9.78 Å². The van der Waals surface area contributed by atoms with E-state index in [1.807, 2.05) is 0 Å². The lowest BCUT2D eigenvalue weighted by atomic mass is 10.0. The molecule has 31 heavy (non-hydrogen) atoms. The molecular formula is C21H12F7NO2. The molecule has 1 aromatic heterocycles. The lowest BCUT2D eigenvalue weighted by Crippen LogP contribution is -2.28. The van der Waals surface area contributed by atoms with Crippen LogP contribution in [0.4, 0.5) is 30.7 Å².